The molecule has 1 heterocycles. The lowest BCUT2D eigenvalue weighted by atomic mass is 9.98. The summed E-state index contributed by atoms with van der Waals surface area (Å²) in [4.78, 5) is 7.07. The summed E-state index contributed by atoms with van der Waals surface area (Å²) < 4.78 is 0. The van der Waals surface area contributed by atoms with Crippen molar-refractivity contribution < 1.29 is 0 Å². The van der Waals surface area contributed by atoms with E-state index in [1.807, 2.05) is 0 Å². The Morgan fingerprint density at radius 3 is 2.62 bits per heavy atom. The van der Waals surface area contributed by atoms with Crippen molar-refractivity contribution in [3.8, 4) is 0 Å². The van der Waals surface area contributed by atoms with Gasteiger partial charge in [0.25, 0.3) is 0 Å². The first kappa shape index (κ1) is 16.3. The van der Waals surface area contributed by atoms with E-state index in [-0.39, 0.29) is 0 Å². The first-order valence-corrected chi connectivity index (χ1v) is 8.46. The summed E-state index contributed by atoms with van der Waals surface area (Å²) in [6.07, 6.45) is 6.50. The minimum absolute atomic E-state index is 0.820. The third kappa shape index (κ3) is 3.33. The fourth-order valence-electron chi connectivity index (χ4n) is 3.10. The number of benzene rings is 2. The number of aliphatic imine (C=N–C) groups is 1. The van der Waals surface area contributed by atoms with Gasteiger partial charge in [-0.3, -0.25) is 4.99 Å². The lowest BCUT2D eigenvalue weighted by molar-refractivity contribution is 0.897. The normalized spacial score (nSPS) is 15.2. The number of nitrogens with zero attached hydrogens (tertiary/aromatic N) is 2. The maximum absolute atomic E-state index is 4.80. The molecular formula is C22H24N2. The van der Waals surface area contributed by atoms with E-state index in [1.165, 1.54) is 28.0 Å². The molecule has 0 saturated carbocycles. The van der Waals surface area contributed by atoms with Gasteiger partial charge in [-0.15, -0.1) is 0 Å². The number of para-hydroxylation sites is 1. The molecule has 0 atom stereocenters. The number of fused-ring (bicyclic) bond motifs is 1. The Hall–Kier alpha value is -2.61. The van der Waals surface area contributed by atoms with Crippen LogP contribution in [0.1, 0.15) is 23.6 Å². The van der Waals surface area contributed by atoms with Crippen LogP contribution < -0.4 is 4.90 Å². The molecule has 3 rings (SSSR count). The third-order valence-electron chi connectivity index (χ3n) is 4.50. The first-order chi connectivity index (χ1) is 11.7. The first-order valence-electron chi connectivity index (χ1n) is 8.46. The van der Waals surface area contributed by atoms with Crippen molar-refractivity contribution >= 4 is 17.0 Å². The number of aryl methyl sites for hydroxylation is 1. The van der Waals surface area contributed by atoms with Crippen molar-refractivity contribution in [3.05, 3.63) is 83.4 Å². The molecule has 0 aliphatic carbocycles. The van der Waals surface area contributed by atoms with Gasteiger partial charge < -0.3 is 4.90 Å². The van der Waals surface area contributed by atoms with Gasteiger partial charge in [-0.05, 0) is 42.7 Å². The average Bonchev–Trinajstić information content (AvgIpc) is 2.77. The van der Waals surface area contributed by atoms with Crippen LogP contribution in [0.5, 0.6) is 0 Å². The van der Waals surface area contributed by atoms with Crippen LogP contribution in [-0.4, -0.2) is 25.8 Å². The SMILES string of the molecule is C/C=C(/C=C/C1=NCCN(C)c2ccccc21)c1ccccc1C. The van der Waals surface area contributed by atoms with E-state index in [2.05, 4.69) is 92.6 Å². The second kappa shape index (κ2) is 7.31. The molecule has 2 heteroatoms. The van der Waals surface area contributed by atoms with Crippen molar-refractivity contribution in [2.24, 2.45) is 4.99 Å². The Morgan fingerprint density at radius 1 is 1.08 bits per heavy atom. The van der Waals surface area contributed by atoms with Crippen molar-refractivity contribution in [2.45, 2.75) is 13.8 Å². The van der Waals surface area contributed by atoms with Gasteiger partial charge in [0, 0.05) is 24.8 Å². The van der Waals surface area contributed by atoms with Crippen molar-refractivity contribution in [1.29, 1.82) is 0 Å². The molecular weight excluding hydrogens is 292 g/mol. The third-order valence-corrected chi connectivity index (χ3v) is 4.50. The van der Waals surface area contributed by atoms with E-state index in [9.17, 15) is 0 Å². The van der Waals surface area contributed by atoms with Gasteiger partial charge >= 0.3 is 0 Å². The van der Waals surface area contributed by atoms with Gasteiger partial charge in [0.1, 0.15) is 0 Å². The van der Waals surface area contributed by atoms with Gasteiger partial charge in [-0.1, -0.05) is 54.6 Å². The zero-order chi connectivity index (χ0) is 16.9. The zero-order valence-electron chi connectivity index (χ0n) is 14.7. The smallest absolute Gasteiger partial charge is 0.0668 e. The minimum atomic E-state index is 0.820. The molecule has 0 N–H and O–H groups in total. The van der Waals surface area contributed by atoms with Crippen LogP contribution in [-0.2, 0) is 0 Å². The highest BCUT2D eigenvalue weighted by molar-refractivity contribution is 6.13. The van der Waals surface area contributed by atoms with Crippen LogP contribution in [0.15, 0.2) is 71.8 Å². The Balaban J connectivity index is 1.95. The molecule has 0 fully saturated rings. The molecule has 0 bridgehead atoms. The molecule has 2 aromatic rings. The highest BCUT2D eigenvalue weighted by Gasteiger charge is 2.13. The molecule has 122 valence electrons. The summed E-state index contributed by atoms with van der Waals surface area (Å²) in [6.45, 7) is 6.01. The maximum atomic E-state index is 4.80. The monoisotopic (exact) mass is 316 g/mol. The number of benzodiazepines with no additional fused rings is 1. The van der Waals surface area contributed by atoms with E-state index in [1.54, 1.807) is 0 Å². The minimum Gasteiger partial charge on any atom is -0.372 e. The maximum Gasteiger partial charge on any atom is 0.0668 e. The Bertz CT molecular complexity index is 812. The number of allylic oxidation sites excluding steroid dienone is 4. The number of hydrogen-bond acceptors (Lipinski definition) is 2. The molecule has 1 aliphatic heterocycles. The van der Waals surface area contributed by atoms with E-state index in [4.69, 9.17) is 4.99 Å². The number of hydrogen-bond donors (Lipinski definition) is 0. The van der Waals surface area contributed by atoms with Crippen molar-refractivity contribution in [2.75, 3.05) is 25.0 Å². The summed E-state index contributed by atoms with van der Waals surface area (Å²) in [5, 5.41) is 0. The summed E-state index contributed by atoms with van der Waals surface area (Å²) in [5.41, 5.74) is 7.30. The second-order valence-electron chi connectivity index (χ2n) is 6.10. The molecule has 2 nitrogen and oxygen atoms in total. The van der Waals surface area contributed by atoms with Crippen LogP contribution >= 0.6 is 0 Å². The Morgan fingerprint density at radius 2 is 1.83 bits per heavy atom. The van der Waals surface area contributed by atoms with Gasteiger partial charge in [-0.2, -0.15) is 0 Å². The van der Waals surface area contributed by atoms with E-state index < -0.39 is 0 Å². The number of anilines is 1. The second-order valence-corrected chi connectivity index (χ2v) is 6.10. The molecule has 0 amide bonds. The standard InChI is InChI=1S/C22H24N2/c1-4-18(19-10-6-5-9-17(19)2)13-14-21-20-11-7-8-12-22(20)24(3)16-15-23-21/h4-14H,15-16H2,1-3H3/b14-13+,18-4-. The van der Waals surface area contributed by atoms with Gasteiger partial charge in [0.15, 0.2) is 0 Å². The van der Waals surface area contributed by atoms with E-state index >= 15 is 0 Å². The molecule has 0 spiro atoms. The summed E-state index contributed by atoms with van der Waals surface area (Å²) in [7, 11) is 2.13. The molecule has 2 aromatic carbocycles. The summed E-state index contributed by atoms with van der Waals surface area (Å²) in [6, 6.07) is 17.0. The van der Waals surface area contributed by atoms with Crippen LogP contribution in [0.25, 0.3) is 5.57 Å². The Labute approximate surface area is 144 Å². The summed E-state index contributed by atoms with van der Waals surface area (Å²) in [5.74, 6) is 0. The van der Waals surface area contributed by atoms with Crippen molar-refractivity contribution in [3.63, 3.8) is 0 Å². The molecule has 0 unspecified atom stereocenters. The fourth-order valence-corrected chi connectivity index (χ4v) is 3.10. The Kier molecular flexibility index (Phi) is 4.95. The topological polar surface area (TPSA) is 15.6 Å². The van der Waals surface area contributed by atoms with Crippen molar-refractivity contribution in [1.82, 2.24) is 0 Å². The van der Waals surface area contributed by atoms with Crippen LogP contribution in [0, 0.1) is 6.92 Å². The zero-order valence-corrected chi connectivity index (χ0v) is 14.7. The molecule has 0 radical (unpaired) electrons. The lowest BCUT2D eigenvalue weighted by Gasteiger charge is -2.18. The molecule has 0 saturated heterocycles. The lowest BCUT2D eigenvalue weighted by Crippen LogP contribution is -2.20. The predicted molar refractivity (Wildman–Crippen MR) is 105 cm³/mol. The fraction of sp³-hybridized carbons (Fsp3) is 0.227. The number of likely N-dealkylation sites (N-methyl/N-ethyl adjacent to an activating group) is 1. The average molecular weight is 316 g/mol. The highest BCUT2D eigenvalue weighted by Crippen LogP contribution is 2.24. The number of rotatable bonds is 3. The highest BCUT2D eigenvalue weighted by atomic mass is 15.1. The van der Waals surface area contributed by atoms with Gasteiger partial charge in [0.2, 0.25) is 0 Å². The van der Waals surface area contributed by atoms with E-state index in [0.29, 0.717) is 0 Å². The van der Waals surface area contributed by atoms with E-state index in [0.717, 1.165) is 18.8 Å². The quantitative estimate of drug-likeness (QED) is 0.736. The molecule has 0 aromatic heterocycles. The van der Waals surface area contributed by atoms with Crippen LogP contribution in [0.2, 0.25) is 0 Å². The predicted octanol–water partition coefficient (Wildman–Crippen LogP) is 4.89. The largest absolute Gasteiger partial charge is 0.372 e. The van der Waals surface area contributed by atoms with Gasteiger partial charge in [-0.25, -0.2) is 0 Å². The van der Waals surface area contributed by atoms with Gasteiger partial charge in [0.05, 0.1) is 12.3 Å². The van der Waals surface area contributed by atoms with Crippen LogP contribution in [0.3, 0.4) is 0 Å². The van der Waals surface area contributed by atoms with Crippen LogP contribution in [0.4, 0.5) is 5.69 Å². The molecule has 24 heavy (non-hydrogen) atoms. The summed E-state index contributed by atoms with van der Waals surface area (Å²) >= 11 is 0. The molecule has 1 aliphatic rings.